The molecule has 2 aliphatic rings. The summed E-state index contributed by atoms with van der Waals surface area (Å²) in [4.78, 5) is 27.8. The SMILES string of the molecule is CN1CCC[C@H]1COc1nc(N2CCN(C(=O)CCN)CC2)c2cc(Cl)c(-c3cc(O)cc4ccccc34)c(F)c2n1. The number of phenolic OH excluding ortho intramolecular Hbond substituents is 1. The van der Waals surface area contributed by atoms with Crippen LogP contribution in [0.3, 0.4) is 0 Å². The van der Waals surface area contributed by atoms with Gasteiger partial charge in [-0.2, -0.15) is 9.97 Å². The number of nitrogens with zero attached hydrogens (tertiary/aromatic N) is 5. The van der Waals surface area contributed by atoms with Crippen LogP contribution in [0.5, 0.6) is 11.8 Å². The zero-order valence-electron chi connectivity index (χ0n) is 23.5. The first kappa shape index (κ1) is 28.4. The Labute approximate surface area is 248 Å². The predicted molar refractivity (Wildman–Crippen MR) is 163 cm³/mol. The molecule has 3 heterocycles. The molecule has 0 bridgehead atoms. The Morgan fingerprint density at radius 1 is 1.12 bits per heavy atom. The summed E-state index contributed by atoms with van der Waals surface area (Å²) in [6, 6.07) is 12.6. The molecular weight excluding hydrogens is 559 g/mol. The number of carbonyl (C=O) groups is 1. The second kappa shape index (κ2) is 11.9. The fourth-order valence-corrected chi connectivity index (χ4v) is 6.32. The van der Waals surface area contributed by atoms with Crippen LogP contribution in [0.25, 0.3) is 32.8 Å². The maximum atomic E-state index is 16.7. The lowest BCUT2D eigenvalue weighted by atomic mass is 9.96. The van der Waals surface area contributed by atoms with E-state index in [1.165, 1.54) is 6.07 Å². The molecule has 0 spiro atoms. The van der Waals surface area contributed by atoms with Gasteiger partial charge in [0.1, 0.15) is 23.7 Å². The van der Waals surface area contributed by atoms with Crippen molar-refractivity contribution < 1.29 is 19.0 Å². The third-order valence-corrected chi connectivity index (χ3v) is 8.62. The smallest absolute Gasteiger partial charge is 0.319 e. The van der Waals surface area contributed by atoms with Gasteiger partial charge >= 0.3 is 6.01 Å². The highest BCUT2D eigenvalue weighted by molar-refractivity contribution is 6.35. The molecule has 6 rings (SSSR count). The Bertz CT molecular complexity index is 1640. The van der Waals surface area contributed by atoms with Crippen LogP contribution in [0, 0.1) is 5.82 Å². The molecule has 3 aromatic carbocycles. The summed E-state index contributed by atoms with van der Waals surface area (Å²) in [6.45, 7) is 3.70. The van der Waals surface area contributed by atoms with Gasteiger partial charge in [-0.3, -0.25) is 4.79 Å². The van der Waals surface area contributed by atoms with E-state index in [1.54, 1.807) is 17.0 Å². The Kier molecular flexibility index (Phi) is 8.02. The summed E-state index contributed by atoms with van der Waals surface area (Å²) in [5, 5.41) is 12.6. The number of carbonyl (C=O) groups excluding carboxylic acids is 1. The van der Waals surface area contributed by atoms with E-state index in [-0.39, 0.29) is 39.8 Å². The van der Waals surface area contributed by atoms with Gasteiger partial charge in [-0.25, -0.2) is 4.39 Å². The molecule has 0 unspecified atom stereocenters. The molecular formula is C31H34ClFN6O3. The summed E-state index contributed by atoms with van der Waals surface area (Å²) in [7, 11) is 2.06. The number of likely N-dealkylation sites (N-methyl/N-ethyl adjacent to an activating group) is 1. The topological polar surface area (TPSA) is 108 Å². The molecule has 2 aliphatic heterocycles. The first-order valence-electron chi connectivity index (χ1n) is 14.3. The van der Waals surface area contributed by atoms with E-state index in [4.69, 9.17) is 27.1 Å². The maximum Gasteiger partial charge on any atom is 0.319 e. The second-order valence-electron chi connectivity index (χ2n) is 11.0. The number of hydrogen-bond donors (Lipinski definition) is 2. The van der Waals surface area contributed by atoms with E-state index in [0.29, 0.717) is 62.5 Å². The van der Waals surface area contributed by atoms with Gasteiger partial charge in [-0.05, 0) is 61.0 Å². The Hall–Kier alpha value is -3.73. The summed E-state index contributed by atoms with van der Waals surface area (Å²) in [5.74, 6) is -0.0776. The van der Waals surface area contributed by atoms with Gasteiger partial charge in [-0.1, -0.05) is 35.9 Å². The molecule has 0 aliphatic carbocycles. The van der Waals surface area contributed by atoms with Gasteiger partial charge in [0.2, 0.25) is 5.91 Å². The van der Waals surface area contributed by atoms with Gasteiger partial charge in [0.05, 0.1) is 5.02 Å². The molecule has 1 amide bonds. The van der Waals surface area contributed by atoms with Crippen LogP contribution >= 0.6 is 11.6 Å². The van der Waals surface area contributed by atoms with E-state index in [9.17, 15) is 9.90 Å². The number of likely N-dealkylation sites (tertiary alicyclic amines) is 1. The number of nitrogens with two attached hydrogens (primary N) is 1. The van der Waals surface area contributed by atoms with Gasteiger partial charge in [-0.15, -0.1) is 0 Å². The van der Waals surface area contributed by atoms with Crippen LogP contribution in [0.15, 0.2) is 42.5 Å². The number of aromatic nitrogens is 2. The first-order chi connectivity index (χ1) is 20.3. The molecule has 9 nitrogen and oxygen atoms in total. The van der Waals surface area contributed by atoms with Crippen LogP contribution in [0.2, 0.25) is 5.02 Å². The number of ether oxygens (including phenoxy) is 1. The van der Waals surface area contributed by atoms with Crippen LogP contribution in [0.1, 0.15) is 19.3 Å². The average Bonchev–Trinajstić information content (AvgIpc) is 3.40. The van der Waals surface area contributed by atoms with Crippen molar-refractivity contribution in [2.45, 2.75) is 25.3 Å². The van der Waals surface area contributed by atoms with E-state index in [1.807, 2.05) is 29.2 Å². The molecule has 2 fully saturated rings. The van der Waals surface area contributed by atoms with Crippen molar-refractivity contribution >= 4 is 45.0 Å². The number of anilines is 1. The highest BCUT2D eigenvalue weighted by Gasteiger charge is 2.28. The number of phenols is 1. The number of hydrogen-bond acceptors (Lipinski definition) is 8. The van der Waals surface area contributed by atoms with Gasteiger partial charge in [0.25, 0.3) is 0 Å². The molecule has 220 valence electrons. The van der Waals surface area contributed by atoms with Crippen molar-refractivity contribution in [2.24, 2.45) is 5.73 Å². The molecule has 0 saturated carbocycles. The molecule has 1 atom stereocenters. The number of piperazine rings is 1. The fraction of sp³-hybridized carbons (Fsp3) is 0.387. The Balaban J connectivity index is 1.45. The standard InChI is InChI=1S/C31H34ClFN6O3/c1-37-10-4-6-20(37)18-42-31-35-29-24(30(36-31)39-13-11-38(12-14-39)26(41)8-9-34)17-25(32)27(28(29)33)23-16-21(40)15-19-5-2-3-7-22(19)23/h2-3,5,7,15-17,20,40H,4,6,8-14,18,34H2,1H3/t20-/m0/s1. The lowest BCUT2D eigenvalue weighted by Crippen LogP contribution is -2.49. The lowest BCUT2D eigenvalue weighted by molar-refractivity contribution is -0.131. The Morgan fingerprint density at radius 3 is 2.64 bits per heavy atom. The third-order valence-electron chi connectivity index (χ3n) is 8.32. The van der Waals surface area contributed by atoms with Crippen molar-refractivity contribution in [3.05, 3.63) is 53.3 Å². The van der Waals surface area contributed by atoms with Crippen molar-refractivity contribution in [1.82, 2.24) is 19.8 Å². The number of benzene rings is 3. The maximum absolute atomic E-state index is 16.7. The zero-order chi connectivity index (χ0) is 29.4. The van der Waals surface area contributed by atoms with Gasteiger partial charge < -0.3 is 30.3 Å². The van der Waals surface area contributed by atoms with Gasteiger partial charge in [0, 0.05) is 56.1 Å². The van der Waals surface area contributed by atoms with E-state index >= 15 is 4.39 Å². The number of rotatable bonds is 7. The Morgan fingerprint density at radius 2 is 1.90 bits per heavy atom. The molecule has 2 saturated heterocycles. The van der Waals surface area contributed by atoms with Gasteiger partial charge in [0.15, 0.2) is 5.82 Å². The first-order valence-corrected chi connectivity index (χ1v) is 14.7. The molecule has 4 aromatic rings. The summed E-state index contributed by atoms with van der Waals surface area (Å²) in [6.07, 6.45) is 2.40. The van der Waals surface area contributed by atoms with Crippen LogP contribution in [-0.2, 0) is 4.79 Å². The minimum Gasteiger partial charge on any atom is -0.508 e. The highest BCUT2D eigenvalue weighted by Crippen LogP contribution is 2.42. The molecule has 42 heavy (non-hydrogen) atoms. The van der Waals surface area contributed by atoms with Crippen molar-refractivity contribution in [3.8, 4) is 22.9 Å². The minimum atomic E-state index is -0.614. The largest absolute Gasteiger partial charge is 0.508 e. The quantitative estimate of drug-likeness (QED) is 0.325. The van der Waals surface area contributed by atoms with Crippen molar-refractivity contribution in [3.63, 3.8) is 0 Å². The monoisotopic (exact) mass is 592 g/mol. The van der Waals surface area contributed by atoms with Crippen molar-refractivity contribution in [1.29, 1.82) is 0 Å². The second-order valence-corrected chi connectivity index (χ2v) is 11.4. The number of amides is 1. The third kappa shape index (κ3) is 5.42. The number of aromatic hydroxyl groups is 1. The lowest BCUT2D eigenvalue weighted by Gasteiger charge is -2.36. The predicted octanol–water partition coefficient (Wildman–Crippen LogP) is 4.42. The van der Waals surface area contributed by atoms with Crippen LogP contribution in [0.4, 0.5) is 10.2 Å². The summed E-state index contributed by atoms with van der Waals surface area (Å²) in [5.41, 5.74) is 6.29. The summed E-state index contributed by atoms with van der Waals surface area (Å²) < 4.78 is 22.8. The number of fused-ring (bicyclic) bond motifs is 2. The molecule has 3 N–H and O–H groups in total. The normalized spacial score (nSPS) is 17.9. The van der Waals surface area contributed by atoms with Crippen molar-refractivity contribution in [2.75, 3.05) is 57.8 Å². The zero-order valence-corrected chi connectivity index (χ0v) is 24.3. The van der Waals surface area contributed by atoms with E-state index in [2.05, 4.69) is 16.9 Å². The van der Waals surface area contributed by atoms with E-state index < -0.39 is 5.82 Å². The summed E-state index contributed by atoms with van der Waals surface area (Å²) >= 11 is 6.81. The average molecular weight is 593 g/mol. The molecule has 11 heteroatoms. The van der Waals surface area contributed by atoms with E-state index in [0.717, 1.165) is 30.2 Å². The highest BCUT2D eigenvalue weighted by atomic mass is 35.5. The van der Waals surface area contributed by atoms with Crippen LogP contribution < -0.4 is 15.4 Å². The molecule has 0 radical (unpaired) electrons. The number of halogens is 2. The minimum absolute atomic E-state index is 0.00870. The fourth-order valence-electron chi connectivity index (χ4n) is 6.02. The molecule has 1 aromatic heterocycles. The van der Waals surface area contributed by atoms with Crippen LogP contribution in [-0.4, -0.2) is 89.7 Å².